The van der Waals surface area contributed by atoms with Crippen LogP contribution < -0.4 is 0 Å². The molecule has 2 bridgehead atoms. The Labute approximate surface area is 92.9 Å². The SMILES string of the molecule is CO[C@@]12O[C@H]3O[C@H]4O[C@@](C)(O1)[C@@H]1[C@H]4C[C@H]3[C@H]12. The van der Waals surface area contributed by atoms with E-state index in [4.69, 9.17) is 23.7 Å². The molecular formula is C11H14O5. The van der Waals surface area contributed by atoms with Gasteiger partial charge in [-0.25, -0.2) is 0 Å². The van der Waals surface area contributed by atoms with Crippen molar-refractivity contribution in [3.05, 3.63) is 0 Å². The van der Waals surface area contributed by atoms with Crippen molar-refractivity contribution < 1.29 is 23.7 Å². The van der Waals surface area contributed by atoms with Crippen LogP contribution in [0, 0.1) is 23.7 Å². The first-order valence-electron chi connectivity index (χ1n) is 5.93. The third kappa shape index (κ3) is 0.654. The molecule has 5 rings (SSSR count). The zero-order valence-electron chi connectivity index (χ0n) is 9.21. The van der Waals surface area contributed by atoms with E-state index in [1.165, 1.54) is 0 Å². The van der Waals surface area contributed by atoms with Crippen molar-refractivity contribution in [2.24, 2.45) is 23.7 Å². The van der Waals surface area contributed by atoms with E-state index in [0.717, 1.165) is 6.42 Å². The van der Waals surface area contributed by atoms with Crippen molar-refractivity contribution >= 4 is 0 Å². The monoisotopic (exact) mass is 226 g/mol. The Balaban J connectivity index is 1.76. The Kier molecular flexibility index (Phi) is 1.21. The summed E-state index contributed by atoms with van der Waals surface area (Å²) in [6.07, 6.45) is 0.770. The topological polar surface area (TPSA) is 46.2 Å². The van der Waals surface area contributed by atoms with Crippen molar-refractivity contribution in [3.8, 4) is 0 Å². The van der Waals surface area contributed by atoms with Gasteiger partial charge >= 0.3 is 0 Å². The van der Waals surface area contributed by atoms with Gasteiger partial charge in [0.05, 0.1) is 5.92 Å². The molecule has 0 radical (unpaired) electrons. The molecule has 0 amide bonds. The normalized spacial score (nSPS) is 73.1. The quantitative estimate of drug-likeness (QED) is 0.656. The molecule has 5 fully saturated rings. The van der Waals surface area contributed by atoms with E-state index in [0.29, 0.717) is 17.8 Å². The summed E-state index contributed by atoms with van der Waals surface area (Å²) in [4.78, 5) is 0. The van der Waals surface area contributed by atoms with Crippen molar-refractivity contribution in [2.45, 2.75) is 37.7 Å². The third-order valence-corrected chi connectivity index (χ3v) is 5.09. The first kappa shape index (κ1) is 8.83. The second kappa shape index (κ2) is 2.20. The minimum Gasteiger partial charge on any atom is -0.330 e. The number of ether oxygens (including phenoxy) is 5. The van der Waals surface area contributed by atoms with Crippen molar-refractivity contribution in [1.29, 1.82) is 0 Å². The fourth-order valence-electron chi connectivity index (χ4n) is 4.70. The van der Waals surface area contributed by atoms with Gasteiger partial charge in [0.2, 0.25) is 0 Å². The van der Waals surface area contributed by atoms with E-state index in [2.05, 4.69) is 0 Å². The van der Waals surface area contributed by atoms with Gasteiger partial charge in [-0.2, -0.15) is 0 Å². The van der Waals surface area contributed by atoms with Crippen molar-refractivity contribution in [2.75, 3.05) is 7.11 Å². The van der Waals surface area contributed by atoms with Crippen LogP contribution in [0.15, 0.2) is 0 Å². The lowest BCUT2D eigenvalue weighted by Gasteiger charge is -2.36. The highest BCUT2D eigenvalue weighted by Gasteiger charge is 2.82. The van der Waals surface area contributed by atoms with Gasteiger partial charge < -0.3 is 14.2 Å². The molecule has 0 aromatic carbocycles. The molecule has 4 saturated heterocycles. The molecule has 0 aromatic heterocycles. The summed E-state index contributed by atoms with van der Waals surface area (Å²) in [5.41, 5.74) is 0. The molecular weight excluding hydrogens is 212 g/mol. The van der Waals surface area contributed by atoms with Crippen LogP contribution in [0.1, 0.15) is 13.3 Å². The molecule has 88 valence electrons. The Bertz CT molecular complexity index is 387. The molecule has 0 aromatic rings. The average Bonchev–Trinajstić information content (AvgIpc) is 2.83. The second-order valence-corrected chi connectivity index (χ2v) is 5.65. The smallest absolute Gasteiger partial charge is 0.291 e. The van der Waals surface area contributed by atoms with Crippen LogP contribution in [0.25, 0.3) is 0 Å². The first-order valence-corrected chi connectivity index (χ1v) is 5.93. The van der Waals surface area contributed by atoms with Crippen LogP contribution in [0.5, 0.6) is 0 Å². The predicted octanol–water partition coefficient (Wildman–Crippen LogP) is 0.644. The largest absolute Gasteiger partial charge is 0.330 e. The number of hydrogen-bond donors (Lipinski definition) is 0. The lowest BCUT2D eigenvalue weighted by molar-refractivity contribution is -0.463. The maximum Gasteiger partial charge on any atom is 0.291 e. The molecule has 1 saturated carbocycles. The van der Waals surface area contributed by atoms with Crippen LogP contribution in [-0.2, 0) is 23.7 Å². The summed E-state index contributed by atoms with van der Waals surface area (Å²) in [5, 5.41) is 0. The maximum absolute atomic E-state index is 5.99. The van der Waals surface area contributed by atoms with Gasteiger partial charge in [0.1, 0.15) is 0 Å². The van der Waals surface area contributed by atoms with Crippen LogP contribution in [0.2, 0.25) is 0 Å². The molecule has 5 aliphatic rings. The molecule has 1 aliphatic carbocycles. The summed E-state index contributed by atoms with van der Waals surface area (Å²) < 4.78 is 29.1. The standard InChI is InChI=1S/C11H14O5/c1-10-6-4-3-5-7(6)11(12-2,16-10)15-9(5)13-8(4)14-10/h4-9H,3H2,1-2H3/t4-,5+,6-,7-,8+,9-,10+,11+/m1/s1. The van der Waals surface area contributed by atoms with Gasteiger partial charge in [0.25, 0.3) is 5.97 Å². The van der Waals surface area contributed by atoms with Crippen LogP contribution in [0.3, 0.4) is 0 Å². The highest BCUT2D eigenvalue weighted by molar-refractivity contribution is 5.15. The molecule has 8 atom stereocenters. The van der Waals surface area contributed by atoms with E-state index in [1.54, 1.807) is 7.11 Å². The maximum atomic E-state index is 5.99. The fraction of sp³-hybridized carbons (Fsp3) is 1.00. The van der Waals surface area contributed by atoms with Crippen molar-refractivity contribution in [3.63, 3.8) is 0 Å². The molecule has 5 heteroatoms. The highest BCUT2D eigenvalue weighted by atomic mass is 17.0. The third-order valence-electron chi connectivity index (χ3n) is 5.09. The van der Waals surface area contributed by atoms with Gasteiger partial charge in [-0.1, -0.05) is 0 Å². The summed E-state index contributed by atoms with van der Waals surface area (Å²) in [5.74, 6) is -0.0144. The van der Waals surface area contributed by atoms with E-state index >= 15 is 0 Å². The predicted molar refractivity (Wildman–Crippen MR) is 48.6 cm³/mol. The summed E-state index contributed by atoms with van der Waals surface area (Å²) in [7, 11) is 1.64. The fourth-order valence-corrected chi connectivity index (χ4v) is 4.70. The summed E-state index contributed by atoms with van der Waals surface area (Å²) in [6, 6.07) is 0. The van der Waals surface area contributed by atoms with Gasteiger partial charge in [-0.15, -0.1) is 0 Å². The molecule has 4 aliphatic heterocycles. The molecule has 4 heterocycles. The number of rotatable bonds is 1. The number of methoxy groups -OCH3 is 1. The van der Waals surface area contributed by atoms with E-state index in [-0.39, 0.29) is 18.5 Å². The zero-order valence-corrected chi connectivity index (χ0v) is 9.21. The Morgan fingerprint density at radius 1 is 1.12 bits per heavy atom. The van der Waals surface area contributed by atoms with Gasteiger partial charge in [0, 0.05) is 24.9 Å². The van der Waals surface area contributed by atoms with Crippen molar-refractivity contribution in [1.82, 2.24) is 0 Å². The Morgan fingerprint density at radius 2 is 1.88 bits per heavy atom. The van der Waals surface area contributed by atoms with Crippen LogP contribution in [-0.4, -0.2) is 31.5 Å². The van der Waals surface area contributed by atoms with Crippen LogP contribution in [0.4, 0.5) is 0 Å². The van der Waals surface area contributed by atoms with E-state index in [9.17, 15) is 0 Å². The summed E-state index contributed by atoms with van der Waals surface area (Å²) in [6.45, 7) is 1.99. The molecule has 0 unspecified atom stereocenters. The minimum atomic E-state index is -0.922. The molecule has 0 N–H and O–H groups in total. The Morgan fingerprint density at radius 3 is 2.69 bits per heavy atom. The van der Waals surface area contributed by atoms with Gasteiger partial charge in [-0.3, -0.25) is 9.47 Å². The molecule has 16 heavy (non-hydrogen) atoms. The van der Waals surface area contributed by atoms with Crippen LogP contribution >= 0.6 is 0 Å². The number of hydrogen-bond acceptors (Lipinski definition) is 5. The van der Waals surface area contributed by atoms with Gasteiger partial charge in [0.15, 0.2) is 18.4 Å². The highest BCUT2D eigenvalue weighted by Crippen LogP contribution is 2.72. The van der Waals surface area contributed by atoms with E-state index < -0.39 is 11.8 Å². The van der Waals surface area contributed by atoms with E-state index in [1.807, 2.05) is 6.92 Å². The minimum absolute atomic E-state index is 0.142. The molecule has 5 nitrogen and oxygen atoms in total. The lowest BCUT2D eigenvalue weighted by atomic mass is 9.85. The summed E-state index contributed by atoms with van der Waals surface area (Å²) >= 11 is 0. The second-order valence-electron chi connectivity index (χ2n) is 5.65. The zero-order chi connectivity index (χ0) is 10.7. The Hall–Kier alpha value is -0.200. The van der Waals surface area contributed by atoms with Gasteiger partial charge in [-0.05, 0) is 13.3 Å². The average molecular weight is 226 g/mol. The first-order chi connectivity index (χ1) is 7.67. The molecule has 0 spiro atoms. The lowest BCUT2D eigenvalue weighted by Crippen LogP contribution is -2.45.